The molecule has 5 rings (SSSR count). The molecule has 0 saturated carbocycles. The lowest BCUT2D eigenvalue weighted by Gasteiger charge is -2.35. The Labute approximate surface area is 181 Å². The van der Waals surface area contributed by atoms with Crippen molar-refractivity contribution >= 4 is 27.7 Å². The number of carbonyl (C=O) groups excluding carboxylic acids is 1. The maximum Gasteiger partial charge on any atom is 0.242 e. The Morgan fingerprint density at radius 1 is 1.00 bits per heavy atom. The molecule has 158 valence electrons. The molecular formula is C25H26N4O2. The molecule has 6 nitrogen and oxygen atoms in total. The van der Waals surface area contributed by atoms with E-state index >= 15 is 0 Å². The Balaban J connectivity index is 1.21. The summed E-state index contributed by atoms with van der Waals surface area (Å²) in [5, 5.41) is 2.26. The zero-order valence-corrected chi connectivity index (χ0v) is 17.7. The molecule has 0 unspecified atom stereocenters. The molecule has 0 N–H and O–H groups in total. The third-order valence-corrected chi connectivity index (χ3v) is 6.12. The number of hydrogen-bond acceptors (Lipinski definition) is 4. The average molecular weight is 415 g/mol. The van der Waals surface area contributed by atoms with E-state index in [1.165, 1.54) is 10.9 Å². The summed E-state index contributed by atoms with van der Waals surface area (Å²) < 4.78 is 7.31. The van der Waals surface area contributed by atoms with Crippen molar-refractivity contribution in [2.45, 2.75) is 13.1 Å². The number of fused-ring (bicyclic) bond motifs is 2. The minimum atomic E-state index is 0.166. The van der Waals surface area contributed by atoms with Crippen molar-refractivity contribution in [2.75, 3.05) is 33.3 Å². The lowest BCUT2D eigenvalue weighted by atomic mass is 10.1. The first-order valence-electron chi connectivity index (χ1n) is 10.7. The van der Waals surface area contributed by atoms with Crippen LogP contribution in [0.15, 0.2) is 67.0 Å². The second-order valence-corrected chi connectivity index (χ2v) is 8.02. The summed E-state index contributed by atoms with van der Waals surface area (Å²) in [4.78, 5) is 21.9. The number of pyridine rings is 1. The molecule has 0 radical (unpaired) electrons. The number of hydrogen-bond donors (Lipinski definition) is 0. The third-order valence-electron chi connectivity index (χ3n) is 6.12. The summed E-state index contributed by atoms with van der Waals surface area (Å²) in [6.45, 7) is 4.48. The first kappa shape index (κ1) is 19.6. The summed E-state index contributed by atoms with van der Waals surface area (Å²) >= 11 is 0. The van der Waals surface area contributed by atoms with Crippen LogP contribution in [0.4, 0.5) is 0 Å². The molecule has 2 aromatic heterocycles. The van der Waals surface area contributed by atoms with E-state index < -0.39 is 0 Å². The first-order chi connectivity index (χ1) is 15.2. The highest BCUT2D eigenvalue weighted by atomic mass is 16.5. The Morgan fingerprint density at radius 2 is 1.84 bits per heavy atom. The summed E-state index contributed by atoms with van der Waals surface area (Å²) in [6.07, 6.45) is 3.83. The Hall–Kier alpha value is -3.38. The van der Waals surface area contributed by atoms with Gasteiger partial charge in [-0.25, -0.2) is 0 Å². The largest absolute Gasteiger partial charge is 0.497 e. The highest BCUT2D eigenvalue weighted by molar-refractivity contribution is 5.84. The zero-order valence-electron chi connectivity index (χ0n) is 17.7. The Morgan fingerprint density at radius 3 is 2.68 bits per heavy atom. The number of piperazine rings is 1. The molecular weight excluding hydrogens is 388 g/mol. The van der Waals surface area contributed by atoms with Crippen molar-refractivity contribution in [3.63, 3.8) is 0 Å². The van der Waals surface area contributed by atoms with Crippen LogP contribution in [0, 0.1) is 0 Å². The van der Waals surface area contributed by atoms with Gasteiger partial charge in [-0.15, -0.1) is 0 Å². The van der Waals surface area contributed by atoms with E-state index in [0.717, 1.165) is 54.9 Å². The van der Waals surface area contributed by atoms with Crippen LogP contribution in [0.2, 0.25) is 0 Å². The molecule has 1 fully saturated rings. The molecule has 0 aliphatic carbocycles. The molecule has 2 aromatic carbocycles. The summed E-state index contributed by atoms with van der Waals surface area (Å²) in [5.74, 6) is 0.994. The van der Waals surface area contributed by atoms with Crippen molar-refractivity contribution in [3.05, 3.63) is 72.6 Å². The predicted octanol–water partition coefficient (Wildman–Crippen LogP) is 3.54. The van der Waals surface area contributed by atoms with E-state index in [0.29, 0.717) is 6.54 Å². The molecule has 6 heteroatoms. The van der Waals surface area contributed by atoms with Gasteiger partial charge in [-0.3, -0.25) is 14.7 Å². The van der Waals surface area contributed by atoms with Gasteiger partial charge in [0.1, 0.15) is 12.3 Å². The normalized spacial score (nSPS) is 14.9. The number of aromatic nitrogens is 2. The van der Waals surface area contributed by atoms with E-state index in [1.807, 2.05) is 52.2 Å². The molecule has 0 bridgehead atoms. The smallest absolute Gasteiger partial charge is 0.242 e. The number of amides is 1. The first-order valence-corrected chi connectivity index (χ1v) is 10.7. The van der Waals surface area contributed by atoms with Gasteiger partial charge < -0.3 is 14.2 Å². The SMILES string of the molecule is COc1ccc2c(ccn2CC(=O)N2CCN(Cc3cccc4cccnc34)CC2)c1. The zero-order chi connectivity index (χ0) is 21.2. The van der Waals surface area contributed by atoms with Gasteiger partial charge in [0.25, 0.3) is 0 Å². The van der Waals surface area contributed by atoms with Crippen LogP contribution in [-0.2, 0) is 17.9 Å². The topological polar surface area (TPSA) is 50.6 Å². The third kappa shape index (κ3) is 3.99. The second-order valence-electron chi connectivity index (χ2n) is 8.02. The molecule has 4 aromatic rings. The van der Waals surface area contributed by atoms with Crippen LogP contribution in [0.25, 0.3) is 21.8 Å². The number of rotatable bonds is 5. The lowest BCUT2D eigenvalue weighted by molar-refractivity contribution is -0.133. The van der Waals surface area contributed by atoms with Crippen LogP contribution in [0.3, 0.4) is 0 Å². The molecule has 0 spiro atoms. The fourth-order valence-electron chi connectivity index (χ4n) is 4.38. The minimum absolute atomic E-state index is 0.166. The van der Waals surface area contributed by atoms with Gasteiger partial charge in [-0.1, -0.05) is 24.3 Å². The Bertz CT molecular complexity index is 1220. The van der Waals surface area contributed by atoms with E-state index in [1.54, 1.807) is 7.11 Å². The molecule has 1 aliphatic heterocycles. The molecule has 1 saturated heterocycles. The van der Waals surface area contributed by atoms with E-state index in [2.05, 4.69) is 34.1 Å². The maximum atomic E-state index is 12.9. The fraction of sp³-hybridized carbons (Fsp3) is 0.280. The maximum absolute atomic E-state index is 12.9. The van der Waals surface area contributed by atoms with Crippen LogP contribution < -0.4 is 4.74 Å². The predicted molar refractivity (Wildman–Crippen MR) is 122 cm³/mol. The quantitative estimate of drug-likeness (QED) is 0.501. The van der Waals surface area contributed by atoms with Crippen molar-refractivity contribution in [2.24, 2.45) is 0 Å². The number of para-hydroxylation sites is 1. The van der Waals surface area contributed by atoms with Gasteiger partial charge in [0.15, 0.2) is 0 Å². The van der Waals surface area contributed by atoms with Gasteiger partial charge in [0.2, 0.25) is 5.91 Å². The van der Waals surface area contributed by atoms with Gasteiger partial charge in [-0.05, 0) is 35.9 Å². The number of carbonyl (C=O) groups is 1. The molecule has 1 aliphatic rings. The summed E-state index contributed by atoms with van der Waals surface area (Å²) in [5.41, 5.74) is 3.36. The highest BCUT2D eigenvalue weighted by Crippen LogP contribution is 2.22. The standard InChI is InChI=1S/C25H26N4O2/c1-31-22-7-8-23-20(16-22)9-11-29(23)18-24(30)28-14-12-27(13-15-28)17-21-5-2-4-19-6-3-10-26-25(19)21/h2-11,16H,12-15,17-18H2,1H3. The monoisotopic (exact) mass is 414 g/mol. The van der Waals surface area contributed by atoms with Crippen LogP contribution >= 0.6 is 0 Å². The molecule has 0 atom stereocenters. The summed E-state index contributed by atoms with van der Waals surface area (Å²) in [6, 6.07) is 18.4. The highest BCUT2D eigenvalue weighted by Gasteiger charge is 2.22. The molecule has 3 heterocycles. The van der Waals surface area contributed by atoms with Crippen molar-refractivity contribution in [1.29, 1.82) is 0 Å². The fourth-order valence-corrected chi connectivity index (χ4v) is 4.38. The van der Waals surface area contributed by atoms with Gasteiger partial charge >= 0.3 is 0 Å². The van der Waals surface area contributed by atoms with Crippen molar-refractivity contribution < 1.29 is 9.53 Å². The lowest BCUT2D eigenvalue weighted by Crippen LogP contribution is -2.49. The van der Waals surface area contributed by atoms with Crippen molar-refractivity contribution in [3.8, 4) is 5.75 Å². The number of nitrogens with zero attached hydrogens (tertiary/aromatic N) is 4. The number of methoxy groups -OCH3 is 1. The number of ether oxygens (including phenoxy) is 1. The molecule has 31 heavy (non-hydrogen) atoms. The van der Waals surface area contributed by atoms with Gasteiger partial charge in [0, 0.05) is 61.4 Å². The van der Waals surface area contributed by atoms with E-state index in [4.69, 9.17) is 4.74 Å². The van der Waals surface area contributed by atoms with Crippen LogP contribution in [0.1, 0.15) is 5.56 Å². The van der Waals surface area contributed by atoms with E-state index in [-0.39, 0.29) is 5.91 Å². The molecule has 1 amide bonds. The van der Waals surface area contributed by atoms with Gasteiger partial charge in [0.05, 0.1) is 12.6 Å². The average Bonchev–Trinajstić information content (AvgIpc) is 3.21. The Kier molecular flexibility index (Phi) is 5.30. The van der Waals surface area contributed by atoms with Crippen molar-refractivity contribution in [1.82, 2.24) is 19.4 Å². The number of benzene rings is 2. The van der Waals surface area contributed by atoms with Crippen LogP contribution in [-0.4, -0.2) is 58.5 Å². The van der Waals surface area contributed by atoms with Crippen LogP contribution in [0.5, 0.6) is 5.75 Å². The minimum Gasteiger partial charge on any atom is -0.497 e. The van der Waals surface area contributed by atoms with E-state index in [9.17, 15) is 4.79 Å². The second kappa shape index (κ2) is 8.40. The summed E-state index contributed by atoms with van der Waals surface area (Å²) in [7, 11) is 1.66. The van der Waals surface area contributed by atoms with Gasteiger partial charge in [-0.2, -0.15) is 0 Å².